The van der Waals surface area contributed by atoms with Gasteiger partial charge in [-0.05, 0) is 19.3 Å². The van der Waals surface area contributed by atoms with E-state index in [9.17, 15) is 0 Å². The van der Waals surface area contributed by atoms with Gasteiger partial charge >= 0.3 is 0 Å². The van der Waals surface area contributed by atoms with E-state index >= 15 is 0 Å². The number of anilines is 1. The monoisotopic (exact) mass is 255 g/mol. The third-order valence-electron chi connectivity index (χ3n) is 2.93. The summed E-state index contributed by atoms with van der Waals surface area (Å²) < 4.78 is 5.51. The second-order valence-corrected chi connectivity index (χ2v) is 4.52. The summed E-state index contributed by atoms with van der Waals surface area (Å²) in [7, 11) is 0. The maximum atomic E-state index is 5.96. The van der Waals surface area contributed by atoms with Gasteiger partial charge in [0.2, 0.25) is 5.88 Å². The zero-order valence-electron chi connectivity index (χ0n) is 10.1. The fourth-order valence-electron chi connectivity index (χ4n) is 2.07. The molecule has 0 amide bonds. The molecule has 0 aliphatic carbocycles. The molecule has 2 rings (SSSR count). The van der Waals surface area contributed by atoms with Gasteiger partial charge in [-0.15, -0.1) is 11.6 Å². The third kappa shape index (κ3) is 3.00. The lowest BCUT2D eigenvalue weighted by Crippen LogP contribution is -2.31. The van der Waals surface area contributed by atoms with Crippen LogP contribution in [-0.4, -0.2) is 35.0 Å². The summed E-state index contributed by atoms with van der Waals surface area (Å²) in [4.78, 5) is 10.7. The summed E-state index contributed by atoms with van der Waals surface area (Å²) in [6.45, 7) is 3.78. The Bertz CT molecular complexity index is 361. The molecule has 0 radical (unpaired) electrons. The molecular weight excluding hydrogens is 238 g/mol. The standard InChI is InChI=1S/C12H18ClN3O/c1-2-6-17-12-7-11(14-9-15-12)16-5-3-4-10(16)8-13/h7,9-10H,2-6,8H2,1H3. The summed E-state index contributed by atoms with van der Waals surface area (Å²) in [5.74, 6) is 2.22. The molecule has 1 aliphatic heterocycles. The Morgan fingerprint density at radius 2 is 2.41 bits per heavy atom. The lowest BCUT2D eigenvalue weighted by atomic mass is 10.2. The predicted octanol–water partition coefficient (Wildman–Crippen LogP) is 2.47. The van der Waals surface area contributed by atoms with E-state index in [0.29, 0.717) is 24.4 Å². The normalized spacial score (nSPS) is 19.6. The summed E-state index contributed by atoms with van der Waals surface area (Å²) in [5, 5.41) is 0. The molecule has 1 aromatic heterocycles. The summed E-state index contributed by atoms with van der Waals surface area (Å²) in [5.41, 5.74) is 0. The molecule has 5 heteroatoms. The van der Waals surface area contributed by atoms with E-state index < -0.39 is 0 Å². The summed E-state index contributed by atoms with van der Waals surface area (Å²) in [6, 6.07) is 2.30. The van der Waals surface area contributed by atoms with Crippen molar-refractivity contribution in [3.05, 3.63) is 12.4 Å². The Hall–Kier alpha value is -1.03. The van der Waals surface area contributed by atoms with Gasteiger partial charge in [-0.25, -0.2) is 9.97 Å². The molecule has 0 aromatic carbocycles. The van der Waals surface area contributed by atoms with Crippen LogP contribution >= 0.6 is 11.6 Å². The van der Waals surface area contributed by atoms with Crippen LogP contribution in [0, 0.1) is 0 Å². The van der Waals surface area contributed by atoms with Crippen LogP contribution in [0.1, 0.15) is 26.2 Å². The van der Waals surface area contributed by atoms with Crippen molar-refractivity contribution in [2.24, 2.45) is 0 Å². The fourth-order valence-corrected chi connectivity index (χ4v) is 2.39. The van der Waals surface area contributed by atoms with Gasteiger partial charge in [-0.1, -0.05) is 6.92 Å². The topological polar surface area (TPSA) is 38.2 Å². The van der Waals surface area contributed by atoms with Crippen molar-refractivity contribution < 1.29 is 4.74 Å². The minimum absolute atomic E-state index is 0.394. The van der Waals surface area contributed by atoms with Gasteiger partial charge in [0, 0.05) is 24.5 Å². The number of aromatic nitrogens is 2. The minimum Gasteiger partial charge on any atom is -0.478 e. The Kier molecular flexibility index (Phi) is 4.42. The number of rotatable bonds is 5. The lowest BCUT2D eigenvalue weighted by molar-refractivity contribution is 0.304. The fraction of sp³-hybridized carbons (Fsp3) is 0.667. The Balaban J connectivity index is 2.09. The van der Waals surface area contributed by atoms with E-state index in [1.807, 2.05) is 6.07 Å². The van der Waals surface area contributed by atoms with Crippen molar-refractivity contribution in [2.45, 2.75) is 32.2 Å². The molecule has 0 bridgehead atoms. The first-order chi connectivity index (χ1) is 8.35. The highest BCUT2D eigenvalue weighted by atomic mass is 35.5. The number of ether oxygens (including phenoxy) is 1. The maximum Gasteiger partial charge on any atom is 0.218 e. The molecule has 1 saturated heterocycles. The number of alkyl halides is 1. The van der Waals surface area contributed by atoms with Crippen molar-refractivity contribution in [3.8, 4) is 5.88 Å². The number of nitrogens with zero attached hydrogens (tertiary/aromatic N) is 3. The van der Waals surface area contributed by atoms with Gasteiger partial charge in [0.1, 0.15) is 12.1 Å². The minimum atomic E-state index is 0.394. The highest BCUT2D eigenvalue weighted by molar-refractivity contribution is 6.18. The Morgan fingerprint density at radius 1 is 1.53 bits per heavy atom. The van der Waals surface area contributed by atoms with Gasteiger partial charge < -0.3 is 9.64 Å². The lowest BCUT2D eigenvalue weighted by Gasteiger charge is -2.23. The van der Waals surface area contributed by atoms with Gasteiger partial charge in [-0.3, -0.25) is 0 Å². The Morgan fingerprint density at radius 3 is 3.18 bits per heavy atom. The van der Waals surface area contributed by atoms with E-state index in [2.05, 4.69) is 21.8 Å². The smallest absolute Gasteiger partial charge is 0.218 e. The highest BCUT2D eigenvalue weighted by Gasteiger charge is 2.25. The molecule has 2 heterocycles. The van der Waals surface area contributed by atoms with E-state index in [1.165, 1.54) is 6.42 Å². The maximum absolute atomic E-state index is 5.96. The second kappa shape index (κ2) is 6.05. The second-order valence-electron chi connectivity index (χ2n) is 4.21. The molecular formula is C12H18ClN3O. The third-order valence-corrected chi connectivity index (χ3v) is 3.29. The van der Waals surface area contributed by atoms with E-state index in [4.69, 9.17) is 16.3 Å². The van der Waals surface area contributed by atoms with Gasteiger partial charge in [0.05, 0.1) is 6.61 Å². The SMILES string of the molecule is CCCOc1cc(N2CCCC2CCl)ncn1. The van der Waals surface area contributed by atoms with Crippen LogP contribution in [0.5, 0.6) is 5.88 Å². The first kappa shape index (κ1) is 12.4. The van der Waals surface area contributed by atoms with Crippen LogP contribution in [-0.2, 0) is 0 Å². The predicted molar refractivity (Wildman–Crippen MR) is 68.9 cm³/mol. The zero-order valence-corrected chi connectivity index (χ0v) is 10.9. The van der Waals surface area contributed by atoms with E-state index in [0.717, 1.165) is 25.2 Å². The average molecular weight is 256 g/mol. The molecule has 0 saturated carbocycles. The summed E-state index contributed by atoms with van der Waals surface area (Å²) in [6.07, 6.45) is 4.85. The first-order valence-corrected chi connectivity index (χ1v) is 6.66. The number of halogens is 1. The van der Waals surface area contributed by atoms with Crippen molar-refractivity contribution >= 4 is 17.4 Å². The first-order valence-electron chi connectivity index (χ1n) is 6.12. The van der Waals surface area contributed by atoms with Gasteiger partial charge in [-0.2, -0.15) is 0 Å². The highest BCUT2D eigenvalue weighted by Crippen LogP contribution is 2.25. The molecule has 1 atom stereocenters. The molecule has 1 unspecified atom stereocenters. The molecule has 0 N–H and O–H groups in total. The van der Waals surface area contributed by atoms with Crippen LogP contribution in [0.15, 0.2) is 12.4 Å². The van der Waals surface area contributed by atoms with Crippen molar-refractivity contribution in [1.29, 1.82) is 0 Å². The molecule has 1 fully saturated rings. The number of hydrogen-bond donors (Lipinski definition) is 0. The van der Waals surface area contributed by atoms with Gasteiger partial charge in [0.25, 0.3) is 0 Å². The van der Waals surface area contributed by atoms with Crippen molar-refractivity contribution in [3.63, 3.8) is 0 Å². The summed E-state index contributed by atoms with van der Waals surface area (Å²) >= 11 is 5.96. The molecule has 1 aliphatic rings. The van der Waals surface area contributed by atoms with Crippen LogP contribution in [0.4, 0.5) is 5.82 Å². The average Bonchev–Trinajstić information content (AvgIpc) is 2.85. The Labute approximate surface area is 107 Å². The largest absolute Gasteiger partial charge is 0.478 e. The molecule has 94 valence electrons. The van der Waals surface area contributed by atoms with Crippen LogP contribution < -0.4 is 9.64 Å². The molecule has 17 heavy (non-hydrogen) atoms. The van der Waals surface area contributed by atoms with Crippen molar-refractivity contribution in [2.75, 3.05) is 23.9 Å². The molecule has 0 spiro atoms. The van der Waals surface area contributed by atoms with Crippen LogP contribution in [0.3, 0.4) is 0 Å². The molecule has 4 nitrogen and oxygen atoms in total. The van der Waals surface area contributed by atoms with Gasteiger partial charge in [0.15, 0.2) is 0 Å². The van der Waals surface area contributed by atoms with Crippen LogP contribution in [0.25, 0.3) is 0 Å². The zero-order chi connectivity index (χ0) is 12.1. The van der Waals surface area contributed by atoms with Crippen molar-refractivity contribution in [1.82, 2.24) is 9.97 Å². The quantitative estimate of drug-likeness (QED) is 0.758. The number of hydrogen-bond acceptors (Lipinski definition) is 4. The van der Waals surface area contributed by atoms with E-state index in [-0.39, 0.29) is 0 Å². The van der Waals surface area contributed by atoms with E-state index in [1.54, 1.807) is 6.33 Å². The van der Waals surface area contributed by atoms with Crippen LogP contribution in [0.2, 0.25) is 0 Å². The molecule has 1 aromatic rings.